The van der Waals surface area contributed by atoms with Gasteiger partial charge in [0, 0.05) is 5.56 Å². The molecular weight excluding hydrogens is 234 g/mol. The molecule has 1 heterocycles. The molecule has 1 aromatic rings. The lowest BCUT2D eigenvalue weighted by Crippen LogP contribution is -2.48. The molecule has 1 fully saturated rings. The molecule has 0 amide bonds. The van der Waals surface area contributed by atoms with Crippen molar-refractivity contribution in [2.45, 2.75) is 52.5 Å². The van der Waals surface area contributed by atoms with E-state index in [2.05, 4.69) is 57.3 Å². The highest BCUT2D eigenvalue weighted by molar-refractivity contribution is 5.41. The van der Waals surface area contributed by atoms with E-state index < -0.39 is 0 Å². The molecule has 1 atom stereocenters. The number of benzene rings is 1. The van der Waals surface area contributed by atoms with Gasteiger partial charge in [-0.05, 0) is 37.3 Å². The van der Waals surface area contributed by atoms with Crippen molar-refractivity contribution in [2.24, 2.45) is 5.41 Å². The van der Waals surface area contributed by atoms with E-state index in [4.69, 9.17) is 4.74 Å². The maximum Gasteiger partial charge on any atom is 0.124 e. The molecule has 0 saturated carbocycles. The Morgan fingerprint density at radius 2 is 2.00 bits per heavy atom. The second kappa shape index (κ2) is 5.54. The molecule has 1 N–H and O–H groups in total. The van der Waals surface area contributed by atoms with Crippen LogP contribution in [0.3, 0.4) is 0 Å². The summed E-state index contributed by atoms with van der Waals surface area (Å²) < 4.78 is 5.98. The molecule has 19 heavy (non-hydrogen) atoms. The number of nitrogens with one attached hydrogen (secondary N) is 1. The first-order chi connectivity index (χ1) is 9.01. The minimum Gasteiger partial charge on any atom is -0.493 e. The van der Waals surface area contributed by atoms with Crippen LogP contribution in [-0.4, -0.2) is 13.2 Å². The van der Waals surface area contributed by atoms with E-state index in [1.807, 2.05) is 0 Å². The standard InChI is InChI=1S/C17H27NO/c1-5-13-19-15-10-7-6-9-14(15)17(16(2,3)4)11-8-12-18-17/h6-7,9-10,18H,5,8,11-13H2,1-4H3. The Morgan fingerprint density at radius 3 is 2.58 bits per heavy atom. The molecule has 0 bridgehead atoms. The van der Waals surface area contributed by atoms with Crippen molar-refractivity contribution in [1.29, 1.82) is 0 Å². The fraction of sp³-hybridized carbons (Fsp3) is 0.647. The minimum atomic E-state index is 0.0390. The Morgan fingerprint density at radius 1 is 1.26 bits per heavy atom. The first-order valence-corrected chi connectivity index (χ1v) is 7.48. The number of ether oxygens (including phenoxy) is 1. The van der Waals surface area contributed by atoms with E-state index in [9.17, 15) is 0 Å². The topological polar surface area (TPSA) is 21.3 Å². The zero-order valence-corrected chi connectivity index (χ0v) is 12.8. The van der Waals surface area contributed by atoms with Gasteiger partial charge in [-0.1, -0.05) is 45.9 Å². The molecule has 1 aliphatic rings. The van der Waals surface area contributed by atoms with E-state index in [0.717, 1.165) is 25.3 Å². The molecule has 2 nitrogen and oxygen atoms in total. The molecule has 106 valence electrons. The lowest BCUT2D eigenvalue weighted by Gasteiger charge is -2.43. The summed E-state index contributed by atoms with van der Waals surface area (Å²) in [6.45, 7) is 11.0. The maximum atomic E-state index is 5.98. The van der Waals surface area contributed by atoms with E-state index in [1.165, 1.54) is 18.4 Å². The summed E-state index contributed by atoms with van der Waals surface area (Å²) in [5.41, 5.74) is 1.54. The molecule has 1 aromatic carbocycles. The molecule has 0 aromatic heterocycles. The van der Waals surface area contributed by atoms with Crippen LogP contribution in [0.25, 0.3) is 0 Å². The third-order valence-electron chi connectivity index (χ3n) is 4.24. The van der Waals surface area contributed by atoms with Crippen molar-refractivity contribution < 1.29 is 4.74 Å². The summed E-state index contributed by atoms with van der Waals surface area (Å²) in [7, 11) is 0. The molecule has 1 unspecified atom stereocenters. The van der Waals surface area contributed by atoms with Crippen molar-refractivity contribution in [3.8, 4) is 5.75 Å². The van der Waals surface area contributed by atoms with Gasteiger partial charge in [-0.2, -0.15) is 0 Å². The summed E-state index contributed by atoms with van der Waals surface area (Å²) in [5.74, 6) is 1.05. The minimum absolute atomic E-state index is 0.0390. The van der Waals surface area contributed by atoms with Crippen molar-refractivity contribution >= 4 is 0 Å². The van der Waals surface area contributed by atoms with Crippen LogP contribution in [0.5, 0.6) is 5.75 Å². The van der Waals surface area contributed by atoms with Crippen LogP contribution in [0.15, 0.2) is 24.3 Å². The lowest BCUT2D eigenvalue weighted by molar-refractivity contribution is 0.154. The molecule has 2 rings (SSSR count). The van der Waals surface area contributed by atoms with Crippen LogP contribution in [0, 0.1) is 5.41 Å². The van der Waals surface area contributed by atoms with Crippen LogP contribution < -0.4 is 10.1 Å². The molecule has 2 heteroatoms. The van der Waals surface area contributed by atoms with Gasteiger partial charge < -0.3 is 10.1 Å². The summed E-state index contributed by atoms with van der Waals surface area (Å²) in [5, 5.41) is 3.76. The largest absolute Gasteiger partial charge is 0.493 e. The zero-order valence-electron chi connectivity index (χ0n) is 12.8. The SMILES string of the molecule is CCCOc1ccccc1C1(C(C)(C)C)CCCN1. The van der Waals surface area contributed by atoms with Crippen LogP contribution in [0.2, 0.25) is 0 Å². The summed E-state index contributed by atoms with van der Waals surface area (Å²) in [4.78, 5) is 0. The average molecular weight is 261 g/mol. The Hall–Kier alpha value is -1.02. The van der Waals surface area contributed by atoms with Gasteiger partial charge in [-0.3, -0.25) is 0 Å². The predicted octanol–water partition coefficient (Wildman–Crippen LogP) is 4.10. The van der Waals surface area contributed by atoms with Gasteiger partial charge >= 0.3 is 0 Å². The second-order valence-corrected chi connectivity index (χ2v) is 6.53. The van der Waals surface area contributed by atoms with Crippen molar-refractivity contribution in [2.75, 3.05) is 13.2 Å². The predicted molar refractivity (Wildman–Crippen MR) is 80.6 cm³/mol. The maximum absolute atomic E-state index is 5.98. The Balaban J connectivity index is 2.43. The van der Waals surface area contributed by atoms with Crippen molar-refractivity contribution in [1.82, 2.24) is 5.32 Å². The highest BCUT2D eigenvalue weighted by Gasteiger charge is 2.46. The highest BCUT2D eigenvalue weighted by atomic mass is 16.5. The first-order valence-electron chi connectivity index (χ1n) is 7.48. The molecule has 0 aliphatic carbocycles. The zero-order chi connectivity index (χ0) is 13.9. The number of hydrogen-bond acceptors (Lipinski definition) is 2. The second-order valence-electron chi connectivity index (χ2n) is 6.53. The van der Waals surface area contributed by atoms with Crippen LogP contribution >= 0.6 is 0 Å². The first kappa shape index (κ1) is 14.4. The Bertz CT molecular complexity index is 414. The number of para-hydroxylation sites is 1. The van der Waals surface area contributed by atoms with E-state index >= 15 is 0 Å². The fourth-order valence-electron chi connectivity index (χ4n) is 3.17. The Kier molecular flexibility index (Phi) is 4.19. The number of hydrogen-bond donors (Lipinski definition) is 1. The molecule has 1 aliphatic heterocycles. The molecule has 0 spiro atoms. The van der Waals surface area contributed by atoms with Gasteiger partial charge in [0.2, 0.25) is 0 Å². The lowest BCUT2D eigenvalue weighted by atomic mass is 9.68. The van der Waals surface area contributed by atoms with Crippen LogP contribution in [0.1, 0.15) is 52.5 Å². The van der Waals surface area contributed by atoms with Crippen molar-refractivity contribution in [3.63, 3.8) is 0 Å². The monoisotopic (exact) mass is 261 g/mol. The van der Waals surface area contributed by atoms with Gasteiger partial charge in [0.1, 0.15) is 5.75 Å². The molecular formula is C17H27NO. The van der Waals surface area contributed by atoms with Crippen molar-refractivity contribution in [3.05, 3.63) is 29.8 Å². The summed E-state index contributed by atoms with van der Waals surface area (Å²) >= 11 is 0. The third kappa shape index (κ3) is 2.64. The van der Waals surface area contributed by atoms with Gasteiger partial charge in [0.25, 0.3) is 0 Å². The summed E-state index contributed by atoms with van der Waals surface area (Å²) in [6.07, 6.45) is 3.46. The van der Waals surface area contributed by atoms with E-state index in [0.29, 0.717) is 0 Å². The van der Waals surface area contributed by atoms with Gasteiger partial charge in [0.15, 0.2) is 0 Å². The van der Waals surface area contributed by atoms with Gasteiger partial charge in [0.05, 0.1) is 12.1 Å². The quantitative estimate of drug-likeness (QED) is 0.881. The smallest absolute Gasteiger partial charge is 0.124 e. The molecule has 1 saturated heterocycles. The van der Waals surface area contributed by atoms with Crippen LogP contribution in [-0.2, 0) is 5.54 Å². The fourth-order valence-corrected chi connectivity index (χ4v) is 3.17. The van der Waals surface area contributed by atoms with Gasteiger partial charge in [-0.15, -0.1) is 0 Å². The third-order valence-corrected chi connectivity index (χ3v) is 4.24. The Labute approximate surface area is 117 Å². The average Bonchev–Trinajstić information content (AvgIpc) is 2.86. The normalized spacial score (nSPS) is 23.6. The van der Waals surface area contributed by atoms with E-state index in [-0.39, 0.29) is 11.0 Å². The summed E-state index contributed by atoms with van der Waals surface area (Å²) in [6, 6.07) is 8.54. The number of rotatable bonds is 4. The highest BCUT2D eigenvalue weighted by Crippen LogP contribution is 2.48. The molecule has 0 radical (unpaired) electrons. The van der Waals surface area contributed by atoms with Crippen LogP contribution in [0.4, 0.5) is 0 Å². The van der Waals surface area contributed by atoms with Gasteiger partial charge in [-0.25, -0.2) is 0 Å². The van der Waals surface area contributed by atoms with E-state index in [1.54, 1.807) is 0 Å².